The smallest absolute Gasteiger partial charge is 0.227 e. The van der Waals surface area contributed by atoms with E-state index >= 15 is 0 Å². The van der Waals surface area contributed by atoms with E-state index in [0.717, 1.165) is 22.2 Å². The third-order valence-electron chi connectivity index (χ3n) is 6.55. The molecule has 0 aliphatic carbocycles. The van der Waals surface area contributed by atoms with Gasteiger partial charge in [0.1, 0.15) is 23.6 Å². The van der Waals surface area contributed by atoms with E-state index in [2.05, 4.69) is 39.1 Å². The molecule has 2 N–H and O–H groups in total. The van der Waals surface area contributed by atoms with Crippen molar-refractivity contribution in [2.45, 2.75) is 44.6 Å². The van der Waals surface area contributed by atoms with E-state index in [0.29, 0.717) is 50.2 Å². The minimum atomic E-state index is -0.802. The molecule has 10 heteroatoms. The standard InChI is InChI=1S/C24H30FN7O2/c1-14(2)17-9-28-23(32-11-15(25)12-32)18-10-27-22(8-16(17)18)29-21-4-6-26-24(30-21)31-7-5-20(34-3)19(33)13-31/h4,6,8-10,14-15,19-20,33H,5,7,11-13H2,1-3H3,(H,26,27,29,30)/t19-,20+/m0/s1. The van der Waals surface area contributed by atoms with Crippen molar-refractivity contribution in [2.75, 3.05) is 48.4 Å². The Morgan fingerprint density at radius 1 is 1.09 bits per heavy atom. The zero-order chi connectivity index (χ0) is 23.8. The summed E-state index contributed by atoms with van der Waals surface area (Å²) in [5.41, 5.74) is 1.11. The van der Waals surface area contributed by atoms with Gasteiger partial charge in [0.05, 0.1) is 25.3 Å². The molecule has 0 aromatic carbocycles. The van der Waals surface area contributed by atoms with Crippen LogP contribution in [0.3, 0.4) is 0 Å². The number of aromatic nitrogens is 4. The number of nitrogens with one attached hydrogen (secondary N) is 1. The lowest BCUT2D eigenvalue weighted by molar-refractivity contribution is -0.0219. The Bertz CT molecular complexity index is 1170. The monoisotopic (exact) mass is 467 g/mol. The number of aliphatic hydroxyl groups excluding tert-OH is 1. The molecule has 0 radical (unpaired) electrons. The van der Waals surface area contributed by atoms with Crippen molar-refractivity contribution in [1.29, 1.82) is 0 Å². The first kappa shape index (κ1) is 22.7. The van der Waals surface area contributed by atoms with Gasteiger partial charge in [-0.25, -0.2) is 19.3 Å². The number of piperidine rings is 1. The highest BCUT2D eigenvalue weighted by Crippen LogP contribution is 2.34. The maximum absolute atomic E-state index is 13.5. The van der Waals surface area contributed by atoms with E-state index < -0.39 is 12.3 Å². The fourth-order valence-corrected chi connectivity index (χ4v) is 4.59. The van der Waals surface area contributed by atoms with Crippen molar-refractivity contribution in [3.05, 3.63) is 36.3 Å². The SMILES string of the molecule is CO[C@@H]1CCN(c2nccc(Nc3cc4c(C(C)C)cnc(N5CC(F)C5)c4cn3)n2)C[C@@H]1O. The highest BCUT2D eigenvalue weighted by Gasteiger charge is 2.30. The number of nitrogens with zero attached hydrogens (tertiary/aromatic N) is 6. The molecule has 0 bridgehead atoms. The number of pyridine rings is 2. The van der Waals surface area contributed by atoms with Crippen molar-refractivity contribution in [2.24, 2.45) is 0 Å². The van der Waals surface area contributed by atoms with Crippen molar-refractivity contribution >= 4 is 34.2 Å². The number of hydrogen-bond donors (Lipinski definition) is 2. The molecule has 180 valence electrons. The number of rotatable bonds is 6. The first-order valence-electron chi connectivity index (χ1n) is 11.7. The van der Waals surface area contributed by atoms with Gasteiger partial charge in [-0.1, -0.05) is 13.8 Å². The summed E-state index contributed by atoms with van der Waals surface area (Å²) in [5, 5.41) is 15.5. The molecule has 5 heterocycles. The molecule has 3 aromatic rings. The Morgan fingerprint density at radius 3 is 2.62 bits per heavy atom. The Kier molecular flexibility index (Phi) is 6.18. The van der Waals surface area contributed by atoms with Crippen LogP contribution in [0.1, 0.15) is 31.7 Å². The maximum atomic E-state index is 13.5. The van der Waals surface area contributed by atoms with Gasteiger partial charge in [0, 0.05) is 44.2 Å². The second-order valence-electron chi connectivity index (χ2n) is 9.25. The second-order valence-corrected chi connectivity index (χ2v) is 9.25. The van der Waals surface area contributed by atoms with Crippen LogP contribution in [0.25, 0.3) is 10.8 Å². The first-order valence-corrected chi connectivity index (χ1v) is 11.7. The van der Waals surface area contributed by atoms with Gasteiger partial charge in [-0.15, -0.1) is 0 Å². The topological polar surface area (TPSA) is 99.5 Å². The minimum Gasteiger partial charge on any atom is -0.389 e. The van der Waals surface area contributed by atoms with E-state index in [1.165, 1.54) is 0 Å². The molecule has 34 heavy (non-hydrogen) atoms. The van der Waals surface area contributed by atoms with Crippen LogP contribution in [-0.2, 0) is 4.74 Å². The van der Waals surface area contributed by atoms with Gasteiger partial charge in [-0.2, -0.15) is 4.98 Å². The molecule has 0 spiro atoms. The third kappa shape index (κ3) is 4.35. The third-order valence-corrected chi connectivity index (χ3v) is 6.55. The fourth-order valence-electron chi connectivity index (χ4n) is 4.59. The Morgan fingerprint density at radius 2 is 1.91 bits per heavy atom. The number of methoxy groups -OCH3 is 1. The molecule has 0 amide bonds. The number of aliphatic hydroxyl groups is 1. The zero-order valence-electron chi connectivity index (χ0n) is 19.6. The Labute approximate surface area is 198 Å². The molecule has 0 saturated carbocycles. The molecule has 2 aliphatic rings. The van der Waals surface area contributed by atoms with E-state index in [1.807, 2.05) is 22.1 Å². The summed E-state index contributed by atoms with van der Waals surface area (Å²) in [5.74, 6) is 2.86. The molecule has 2 atom stereocenters. The van der Waals surface area contributed by atoms with Gasteiger partial charge in [-0.05, 0) is 35.4 Å². The number of alkyl halides is 1. The molecule has 9 nitrogen and oxygen atoms in total. The number of anilines is 4. The van der Waals surface area contributed by atoms with Gasteiger partial charge in [0.15, 0.2) is 0 Å². The number of fused-ring (bicyclic) bond motifs is 1. The van der Waals surface area contributed by atoms with Crippen LogP contribution in [0.4, 0.5) is 27.8 Å². The average molecular weight is 468 g/mol. The fraction of sp³-hybridized carbons (Fsp3) is 0.500. The Hall–Kier alpha value is -3.11. The number of halogens is 1. The molecule has 0 unspecified atom stereocenters. The van der Waals surface area contributed by atoms with E-state index in [-0.39, 0.29) is 12.0 Å². The molecule has 3 aromatic heterocycles. The quantitative estimate of drug-likeness (QED) is 0.567. The van der Waals surface area contributed by atoms with E-state index in [1.54, 1.807) is 25.6 Å². The number of β-amino-alcohol motifs (C(OH)–C–C–N with tert-alkyl or cyclic N) is 1. The summed E-state index contributed by atoms with van der Waals surface area (Å²) in [7, 11) is 1.62. The van der Waals surface area contributed by atoms with Crippen LogP contribution in [0.2, 0.25) is 0 Å². The number of ether oxygens (including phenoxy) is 1. The van der Waals surface area contributed by atoms with Gasteiger partial charge in [-0.3, -0.25) is 0 Å². The maximum Gasteiger partial charge on any atom is 0.227 e. The second kappa shape index (κ2) is 9.27. The predicted octanol–water partition coefficient (Wildman–Crippen LogP) is 3.03. The molecule has 2 aliphatic heterocycles. The van der Waals surface area contributed by atoms with Crippen LogP contribution in [-0.4, -0.2) is 76.7 Å². The highest BCUT2D eigenvalue weighted by atomic mass is 19.1. The first-order chi connectivity index (χ1) is 16.4. The number of hydrogen-bond acceptors (Lipinski definition) is 9. The lowest BCUT2D eigenvalue weighted by atomic mass is 9.98. The zero-order valence-corrected chi connectivity index (χ0v) is 19.6. The van der Waals surface area contributed by atoms with Gasteiger partial charge >= 0.3 is 0 Å². The summed E-state index contributed by atoms with van der Waals surface area (Å²) >= 11 is 0. The average Bonchev–Trinajstić information content (AvgIpc) is 2.81. The van der Waals surface area contributed by atoms with Crippen LogP contribution >= 0.6 is 0 Å². The van der Waals surface area contributed by atoms with Crippen molar-refractivity contribution in [1.82, 2.24) is 19.9 Å². The largest absolute Gasteiger partial charge is 0.389 e. The Balaban J connectivity index is 1.41. The van der Waals surface area contributed by atoms with Gasteiger partial charge in [0.2, 0.25) is 5.95 Å². The molecule has 2 saturated heterocycles. The lowest BCUT2D eigenvalue weighted by Gasteiger charge is -2.36. The van der Waals surface area contributed by atoms with Crippen molar-refractivity contribution in [3.63, 3.8) is 0 Å². The van der Waals surface area contributed by atoms with Crippen molar-refractivity contribution < 1.29 is 14.2 Å². The molecular weight excluding hydrogens is 437 g/mol. The predicted molar refractivity (Wildman–Crippen MR) is 130 cm³/mol. The summed E-state index contributed by atoms with van der Waals surface area (Å²) in [4.78, 5) is 22.2. The van der Waals surface area contributed by atoms with Crippen LogP contribution in [0.5, 0.6) is 0 Å². The molecular formula is C24H30FN7O2. The van der Waals surface area contributed by atoms with E-state index in [4.69, 9.17) is 4.74 Å². The van der Waals surface area contributed by atoms with E-state index in [9.17, 15) is 9.50 Å². The van der Waals surface area contributed by atoms with Crippen LogP contribution in [0, 0.1) is 0 Å². The van der Waals surface area contributed by atoms with Crippen molar-refractivity contribution in [3.8, 4) is 0 Å². The van der Waals surface area contributed by atoms with Gasteiger partial charge < -0.3 is 25.0 Å². The summed E-state index contributed by atoms with van der Waals surface area (Å²) in [6.07, 6.45) is 4.53. The van der Waals surface area contributed by atoms with Crippen LogP contribution in [0.15, 0.2) is 30.7 Å². The highest BCUT2D eigenvalue weighted by molar-refractivity contribution is 5.96. The lowest BCUT2D eigenvalue weighted by Crippen LogP contribution is -2.48. The molecule has 5 rings (SSSR count). The summed E-state index contributed by atoms with van der Waals surface area (Å²) < 4.78 is 18.8. The minimum absolute atomic E-state index is 0.166. The van der Waals surface area contributed by atoms with Gasteiger partial charge in [0.25, 0.3) is 0 Å². The summed E-state index contributed by atoms with van der Waals surface area (Å²) in [6, 6.07) is 3.79. The summed E-state index contributed by atoms with van der Waals surface area (Å²) in [6.45, 7) is 6.11. The molecule has 2 fully saturated rings. The normalized spacial score (nSPS) is 21.2. The van der Waals surface area contributed by atoms with Crippen LogP contribution < -0.4 is 15.1 Å².